The number of nitrogens with zero attached hydrogens (tertiary/aromatic N) is 6. The number of hydrogen-bond donors (Lipinski definition) is 1. The van der Waals surface area contributed by atoms with Crippen molar-refractivity contribution in [1.82, 2.24) is 35.2 Å². The predicted octanol–water partition coefficient (Wildman–Crippen LogP) is 1.64. The Labute approximate surface area is 145 Å². The number of hydrogen-bond acceptors (Lipinski definition) is 7. The molecule has 0 saturated heterocycles. The Bertz CT molecular complexity index is 813. The van der Waals surface area contributed by atoms with Crippen molar-refractivity contribution < 1.29 is 4.52 Å². The second-order valence-corrected chi connectivity index (χ2v) is 6.29. The Balaban J connectivity index is 1.31. The highest BCUT2D eigenvalue weighted by atomic mass is 16.5. The molecule has 130 valence electrons. The molecule has 0 aromatic carbocycles. The second kappa shape index (κ2) is 7.10. The average Bonchev–Trinajstić information content (AvgIpc) is 3.29. The third-order valence-electron chi connectivity index (χ3n) is 4.53. The summed E-state index contributed by atoms with van der Waals surface area (Å²) in [5.41, 5.74) is 0.858. The molecule has 4 rings (SSSR count). The average molecular weight is 339 g/mol. The van der Waals surface area contributed by atoms with E-state index in [9.17, 15) is 0 Å². The molecule has 1 N–H and O–H groups in total. The van der Waals surface area contributed by atoms with E-state index in [1.54, 1.807) is 12.4 Å². The standard InChI is InChI=1S/C17H21N7O/c1-2-14-21-22-15-6-5-12(11-24(14)15)8-19-10-16-20-17(23-25-16)13-4-3-7-18-9-13/h3-4,7,9,12,19H,2,5-6,8,10-11H2,1H3/t12-/m0/s1. The molecule has 0 radical (unpaired) electrons. The van der Waals surface area contributed by atoms with E-state index in [1.807, 2.05) is 12.1 Å². The van der Waals surface area contributed by atoms with Crippen molar-refractivity contribution in [3.05, 3.63) is 42.1 Å². The molecule has 4 heterocycles. The van der Waals surface area contributed by atoms with E-state index in [0.717, 1.165) is 49.6 Å². The molecule has 0 amide bonds. The third-order valence-corrected chi connectivity index (χ3v) is 4.53. The van der Waals surface area contributed by atoms with Gasteiger partial charge in [0.1, 0.15) is 11.6 Å². The minimum absolute atomic E-state index is 0.564. The molecular weight excluding hydrogens is 318 g/mol. The molecule has 8 nitrogen and oxygen atoms in total. The lowest BCUT2D eigenvalue weighted by molar-refractivity contribution is 0.324. The molecule has 0 spiro atoms. The number of nitrogens with one attached hydrogen (secondary N) is 1. The van der Waals surface area contributed by atoms with Crippen LogP contribution in [0.2, 0.25) is 0 Å². The van der Waals surface area contributed by atoms with Gasteiger partial charge in [0.05, 0.1) is 6.54 Å². The highest BCUT2D eigenvalue weighted by Crippen LogP contribution is 2.20. The van der Waals surface area contributed by atoms with E-state index in [2.05, 4.69) is 42.1 Å². The largest absolute Gasteiger partial charge is 0.338 e. The fourth-order valence-electron chi connectivity index (χ4n) is 3.20. The minimum Gasteiger partial charge on any atom is -0.338 e. The summed E-state index contributed by atoms with van der Waals surface area (Å²) < 4.78 is 7.58. The first-order valence-electron chi connectivity index (χ1n) is 8.68. The molecule has 25 heavy (non-hydrogen) atoms. The Morgan fingerprint density at radius 1 is 1.36 bits per heavy atom. The highest BCUT2D eigenvalue weighted by molar-refractivity contribution is 5.51. The zero-order chi connectivity index (χ0) is 17.1. The summed E-state index contributed by atoms with van der Waals surface area (Å²) in [6.45, 7) is 4.57. The van der Waals surface area contributed by atoms with Gasteiger partial charge in [0.15, 0.2) is 0 Å². The summed E-state index contributed by atoms with van der Waals surface area (Å²) in [5, 5.41) is 16.0. The fraction of sp³-hybridized carbons (Fsp3) is 0.471. The lowest BCUT2D eigenvalue weighted by Gasteiger charge is -2.24. The zero-order valence-electron chi connectivity index (χ0n) is 14.2. The molecule has 3 aromatic heterocycles. The summed E-state index contributed by atoms with van der Waals surface area (Å²) in [7, 11) is 0. The van der Waals surface area contributed by atoms with Crippen molar-refractivity contribution >= 4 is 0 Å². The maximum atomic E-state index is 5.31. The molecule has 3 aromatic rings. The number of aromatic nitrogens is 6. The molecule has 8 heteroatoms. The number of rotatable bonds is 6. The Morgan fingerprint density at radius 2 is 2.32 bits per heavy atom. The monoisotopic (exact) mass is 339 g/mol. The summed E-state index contributed by atoms with van der Waals surface area (Å²) >= 11 is 0. The predicted molar refractivity (Wildman–Crippen MR) is 90.4 cm³/mol. The van der Waals surface area contributed by atoms with Crippen molar-refractivity contribution in [2.75, 3.05) is 6.54 Å². The van der Waals surface area contributed by atoms with Crippen LogP contribution >= 0.6 is 0 Å². The second-order valence-electron chi connectivity index (χ2n) is 6.29. The van der Waals surface area contributed by atoms with Crippen LogP contribution in [-0.4, -0.2) is 36.4 Å². The lowest BCUT2D eigenvalue weighted by Crippen LogP contribution is -2.30. The first kappa shape index (κ1) is 15.9. The van der Waals surface area contributed by atoms with Crippen molar-refractivity contribution in [3.8, 4) is 11.4 Å². The van der Waals surface area contributed by atoms with Crippen LogP contribution in [0.5, 0.6) is 0 Å². The molecule has 0 aliphatic carbocycles. The lowest BCUT2D eigenvalue weighted by atomic mass is 9.99. The van der Waals surface area contributed by atoms with Crippen LogP contribution in [0, 0.1) is 5.92 Å². The van der Waals surface area contributed by atoms with Crippen molar-refractivity contribution in [2.24, 2.45) is 5.92 Å². The van der Waals surface area contributed by atoms with Gasteiger partial charge in [0, 0.05) is 43.9 Å². The Hall–Kier alpha value is -2.61. The van der Waals surface area contributed by atoms with Crippen LogP contribution in [0.1, 0.15) is 30.9 Å². The van der Waals surface area contributed by atoms with E-state index < -0.39 is 0 Å². The van der Waals surface area contributed by atoms with Crippen LogP contribution < -0.4 is 5.32 Å². The summed E-state index contributed by atoms with van der Waals surface area (Å²) in [5.74, 6) is 3.93. The Kier molecular flexibility index (Phi) is 4.51. The van der Waals surface area contributed by atoms with Crippen molar-refractivity contribution in [3.63, 3.8) is 0 Å². The topological polar surface area (TPSA) is 94.6 Å². The quantitative estimate of drug-likeness (QED) is 0.729. The molecule has 0 unspecified atom stereocenters. The van der Waals surface area contributed by atoms with Gasteiger partial charge in [-0.1, -0.05) is 12.1 Å². The fourth-order valence-corrected chi connectivity index (χ4v) is 3.20. The van der Waals surface area contributed by atoms with Crippen LogP contribution in [0.15, 0.2) is 29.0 Å². The molecule has 0 saturated carbocycles. The third kappa shape index (κ3) is 3.43. The van der Waals surface area contributed by atoms with Crippen LogP contribution in [0.4, 0.5) is 0 Å². The van der Waals surface area contributed by atoms with Gasteiger partial charge in [-0.15, -0.1) is 10.2 Å². The Morgan fingerprint density at radius 3 is 3.16 bits per heavy atom. The van der Waals surface area contributed by atoms with E-state index in [0.29, 0.717) is 24.2 Å². The molecule has 1 aliphatic rings. The van der Waals surface area contributed by atoms with Gasteiger partial charge in [-0.3, -0.25) is 4.98 Å². The van der Waals surface area contributed by atoms with E-state index >= 15 is 0 Å². The minimum atomic E-state index is 0.564. The number of aryl methyl sites for hydroxylation is 2. The van der Waals surface area contributed by atoms with Gasteiger partial charge in [-0.05, 0) is 24.5 Å². The molecule has 0 bridgehead atoms. The van der Waals surface area contributed by atoms with E-state index in [4.69, 9.17) is 4.52 Å². The maximum absolute atomic E-state index is 5.31. The molecular formula is C17H21N7O. The highest BCUT2D eigenvalue weighted by Gasteiger charge is 2.22. The first-order valence-corrected chi connectivity index (χ1v) is 8.68. The van der Waals surface area contributed by atoms with Crippen molar-refractivity contribution in [1.29, 1.82) is 0 Å². The number of fused-ring (bicyclic) bond motifs is 1. The zero-order valence-corrected chi connectivity index (χ0v) is 14.2. The maximum Gasteiger partial charge on any atom is 0.240 e. The summed E-state index contributed by atoms with van der Waals surface area (Å²) in [6, 6.07) is 3.77. The van der Waals surface area contributed by atoms with Gasteiger partial charge in [0.25, 0.3) is 0 Å². The summed E-state index contributed by atoms with van der Waals surface area (Å²) in [6.07, 6.45) is 6.49. The van der Waals surface area contributed by atoms with Crippen LogP contribution in [0.3, 0.4) is 0 Å². The number of pyridine rings is 1. The van der Waals surface area contributed by atoms with Gasteiger partial charge in [-0.2, -0.15) is 4.98 Å². The molecule has 1 aliphatic heterocycles. The summed E-state index contributed by atoms with van der Waals surface area (Å²) in [4.78, 5) is 8.48. The van der Waals surface area contributed by atoms with Gasteiger partial charge < -0.3 is 14.4 Å². The first-order chi connectivity index (χ1) is 12.3. The van der Waals surface area contributed by atoms with Gasteiger partial charge >= 0.3 is 0 Å². The normalized spacial score (nSPS) is 16.8. The van der Waals surface area contributed by atoms with Crippen LogP contribution in [0.25, 0.3) is 11.4 Å². The smallest absolute Gasteiger partial charge is 0.240 e. The SMILES string of the molecule is CCc1nnc2n1C[C@H](CNCc1nc(-c3cccnc3)no1)CC2. The van der Waals surface area contributed by atoms with Gasteiger partial charge in [-0.25, -0.2) is 0 Å². The van der Waals surface area contributed by atoms with Crippen molar-refractivity contribution in [2.45, 2.75) is 39.3 Å². The van der Waals surface area contributed by atoms with Gasteiger partial charge in [0.2, 0.25) is 11.7 Å². The van der Waals surface area contributed by atoms with Crippen LogP contribution in [-0.2, 0) is 25.9 Å². The van der Waals surface area contributed by atoms with E-state index in [1.165, 1.54) is 0 Å². The van der Waals surface area contributed by atoms with E-state index in [-0.39, 0.29) is 0 Å². The molecule has 1 atom stereocenters. The molecule has 0 fully saturated rings.